The smallest absolute Gasteiger partial charge is 0.0110 e. The zero-order valence-electron chi connectivity index (χ0n) is 4.30. The molecule has 0 aliphatic heterocycles. The molecule has 0 aliphatic carbocycles. The Labute approximate surface area is 39.7 Å². The molecular weight excluding hydrogens is 97.0 g/mol. The summed E-state index contributed by atoms with van der Waals surface area (Å²) in [4.78, 5) is 10.2. The van der Waals surface area contributed by atoms with Crippen LogP contribution in [0.25, 0.3) is 0 Å². The van der Waals surface area contributed by atoms with Gasteiger partial charge in [-0.25, -0.2) is 0 Å². The highest BCUT2D eigenvalue weighted by Crippen LogP contribution is 2.18. The summed E-state index contributed by atoms with van der Waals surface area (Å²) in [6, 6.07) is 0. The zero-order chi connectivity index (χ0) is 5.15. The molecule has 6 heavy (non-hydrogen) atoms. The van der Waals surface area contributed by atoms with Gasteiger partial charge in [-0.1, -0.05) is 0 Å². The van der Waals surface area contributed by atoms with Crippen molar-refractivity contribution in [3.05, 3.63) is 0 Å². The number of rotatable bonds is 1. The lowest BCUT2D eigenvalue weighted by atomic mass is 11.3. The van der Waals surface area contributed by atoms with Crippen molar-refractivity contribution in [2.75, 3.05) is 20.8 Å². The van der Waals surface area contributed by atoms with Crippen LogP contribution in [0.2, 0.25) is 0 Å². The first-order valence-corrected chi connectivity index (χ1v) is 3.38. The van der Waals surface area contributed by atoms with Crippen molar-refractivity contribution in [3.8, 4) is 0 Å². The minimum Gasteiger partial charge on any atom is -0.818 e. The van der Waals surface area contributed by atoms with Gasteiger partial charge in [0.25, 0.3) is 0 Å². The third-order valence-corrected chi connectivity index (χ3v) is 1.69. The van der Waals surface area contributed by atoms with Crippen LogP contribution >= 0.6 is 8.30 Å². The summed E-state index contributed by atoms with van der Waals surface area (Å²) in [6.45, 7) is 1.68. The standard InChI is InChI=1S/C3H9NOP/c1-4(2)6(3)5/h1-3H3/q-1. The molecule has 0 radical (unpaired) electrons. The normalized spacial score (nSPS) is 15.5. The molecule has 1 unspecified atom stereocenters. The van der Waals surface area contributed by atoms with Crippen LogP contribution in [-0.2, 0) is 0 Å². The highest BCUT2D eigenvalue weighted by Gasteiger charge is 1.80. The van der Waals surface area contributed by atoms with Gasteiger partial charge in [-0.05, 0) is 20.8 Å². The van der Waals surface area contributed by atoms with Crippen LogP contribution in [0.15, 0.2) is 0 Å². The van der Waals surface area contributed by atoms with Crippen LogP contribution < -0.4 is 4.89 Å². The Morgan fingerprint density at radius 2 is 1.67 bits per heavy atom. The maximum absolute atomic E-state index is 10.2. The summed E-state index contributed by atoms with van der Waals surface area (Å²) in [5, 5.41) is 0. The van der Waals surface area contributed by atoms with E-state index in [2.05, 4.69) is 0 Å². The minimum atomic E-state index is -1.08. The molecule has 0 aromatic heterocycles. The van der Waals surface area contributed by atoms with Gasteiger partial charge in [0.1, 0.15) is 0 Å². The monoisotopic (exact) mass is 106 g/mol. The molecular formula is C3H9NOP-. The molecule has 0 amide bonds. The molecule has 0 fully saturated rings. The van der Waals surface area contributed by atoms with E-state index in [4.69, 9.17) is 0 Å². The summed E-state index contributed by atoms with van der Waals surface area (Å²) in [6.07, 6.45) is 0. The van der Waals surface area contributed by atoms with E-state index in [-0.39, 0.29) is 0 Å². The van der Waals surface area contributed by atoms with Crippen molar-refractivity contribution in [2.24, 2.45) is 0 Å². The topological polar surface area (TPSA) is 26.3 Å². The predicted octanol–water partition coefficient (Wildman–Crippen LogP) is -0.150. The van der Waals surface area contributed by atoms with Crippen molar-refractivity contribution in [1.82, 2.24) is 4.67 Å². The highest BCUT2D eigenvalue weighted by atomic mass is 31.2. The van der Waals surface area contributed by atoms with E-state index in [0.29, 0.717) is 0 Å². The van der Waals surface area contributed by atoms with E-state index in [1.807, 2.05) is 0 Å². The maximum atomic E-state index is 10.2. The SMILES string of the molecule is CN(C)P(C)[O-]. The Balaban J connectivity index is 2.99. The molecule has 0 saturated heterocycles. The summed E-state index contributed by atoms with van der Waals surface area (Å²) in [5.74, 6) is 0. The second-order valence-electron chi connectivity index (χ2n) is 1.31. The van der Waals surface area contributed by atoms with Gasteiger partial charge in [0.15, 0.2) is 0 Å². The van der Waals surface area contributed by atoms with Crippen LogP contribution in [0.1, 0.15) is 0 Å². The molecule has 0 N–H and O–H groups in total. The lowest BCUT2D eigenvalue weighted by Gasteiger charge is -2.24. The summed E-state index contributed by atoms with van der Waals surface area (Å²) in [7, 11) is 2.50. The molecule has 0 bridgehead atoms. The zero-order valence-corrected chi connectivity index (χ0v) is 5.20. The molecule has 2 nitrogen and oxygen atoms in total. The summed E-state index contributed by atoms with van der Waals surface area (Å²) >= 11 is 0. The van der Waals surface area contributed by atoms with E-state index in [9.17, 15) is 4.89 Å². The fraction of sp³-hybridized carbons (Fsp3) is 1.00. The van der Waals surface area contributed by atoms with Crippen LogP contribution in [0.3, 0.4) is 0 Å². The summed E-state index contributed by atoms with van der Waals surface area (Å²) in [5.41, 5.74) is 0. The second-order valence-corrected chi connectivity index (χ2v) is 3.04. The minimum absolute atomic E-state index is 1.08. The van der Waals surface area contributed by atoms with Crippen LogP contribution in [0.5, 0.6) is 0 Å². The Hall–Kier alpha value is 0.350. The van der Waals surface area contributed by atoms with Gasteiger partial charge in [-0.15, -0.1) is 8.30 Å². The molecule has 38 valence electrons. The van der Waals surface area contributed by atoms with E-state index >= 15 is 0 Å². The first-order valence-electron chi connectivity index (χ1n) is 1.72. The highest BCUT2D eigenvalue weighted by molar-refractivity contribution is 7.46. The third kappa shape index (κ3) is 2.58. The van der Waals surface area contributed by atoms with E-state index in [0.717, 1.165) is 0 Å². The van der Waals surface area contributed by atoms with Crippen molar-refractivity contribution in [1.29, 1.82) is 0 Å². The Bertz CT molecular complexity index is 31.8. The fourth-order valence-corrected chi connectivity index (χ4v) is 0. The molecule has 1 atom stereocenters. The van der Waals surface area contributed by atoms with E-state index in [1.165, 1.54) is 0 Å². The molecule has 0 spiro atoms. The first-order chi connectivity index (χ1) is 2.64. The van der Waals surface area contributed by atoms with Gasteiger partial charge >= 0.3 is 0 Å². The van der Waals surface area contributed by atoms with Crippen LogP contribution in [0.4, 0.5) is 0 Å². The number of hydrogen-bond donors (Lipinski definition) is 0. The van der Waals surface area contributed by atoms with Gasteiger partial charge in [-0.2, -0.15) is 0 Å². The lowest BCUT2D eigenvalue weighted by Crippen LogP contribution is -2.11. The van der Waals surface area contributed by atoms with Crippen molar-refractivity contribution in [2.45, 2.75) is 0 Å². The molecule has 0 aliphatic rings. The molecule has 3 heteroatoms. The van der Waals surface area contributed by atoms with Gasteiger partial charge in [0.2, 0.25) is 0 Å². The van der Waals surface area contributed by atoms with Crippen molar-refractivity contribution in [3.63, 3.8) is 0 Å². The second kappa shape index (κ2) is 2.51. The molecule has 0 aromatic carbocycles. The lowest BCUT2D eigenvalue weighted by molar-refractivity contribution is -0.167. The van der Waals surface area contributed by atoms with Crippen molar-refractivity contribution >= 4 is 8.30 Å². The largest absolute Gasteiger partial charge is 0.818 e. The number of hydrogen-bond acceptors (Lipinski definition) is 2. The summed E-state index contributed by atoms with van der Waals surface area (Å²) < 4.78 is 1.68. The molecule has 0 aromatic rings. The molecule has 0 saturated carbocycles. The maximum Gasteiger partial charge on any atom is -0.0110 e. The molecule has 0 heterocycles. The van der Waals surface area contributed by atoms with Gasteiger partial charge in [0.05, 0.1) is 0 Å². The quantitative estimate of drug-likeness (QED) is 0.434. The van der Waals surface area contributed by atoms with Crippen molar-refractivity contribution < 1.29 is 4.89 Å². The van der Waals surface area contributed by atoms with Crippen LogP contribution in [-0.4, -0.2) is 25.4 Å². The van der Waals surface area contributed by atoms with Gasteiger partial charge in [-0.3, -0.25) is 0 Å². The molecule has 0 rings (SSSR count). The average molecular weight is 106 g/mol. The Morgan fingerprint density at radius 1 is 1.50 bits per heavy atom. The fourth-order valence-electron chi connectivity index (χ4n) is 0. The van der Waals surface area contributed by atoms with Crippen LogP contribution in [0, 0.1) is 0 Å². The Kier molecular flexibility index (Phi) is 2.66. The predicted molar refractivity (Wildman–Crippen MR) is 26.5 cm³/mol. The van der Waals surface area contributed by atoms with Gasteiger partial charge < -0.3 is 9.56 Å². The van der Waals surface area contributed by atoms with Gasteiger partial charge in [0, 0.05) is 0 Å². The van der Waals surface area contributed by atoms with E-state index in [1.54, 1.807) is 25.4 Å². The Morgan fingerprint density at radius 3 is 1.67 bits per heavy atom. The third-order valence-electron chi connectivity index (χ3n) is 0.563. The first kappa shape index (κ1) is 6.35. The average Bonchev–Trinajstić information content (AvgIpc) is 1.36. The number of nitrogens with zero attached hydrogens (tertiary/aromatic N) is 1. The van der Waals surface area contributed by atoms with E-state index < -0.39 is 8.30 Å².